The maximum atomic E-state index is 11.9. The van der Waals surface area contributed by atoms with Gasteiger partial charge < -0.3 is 9.52 Å². The molecule has 0 atom stereocenters. The molecule has 0 aromatic carbocycles. The number of carboxylic acids is 1. The summed E-state index contributed by atoms with van der Waals surface area (Å²) in [7, 11) is -3.87. The monoisotopic (exact) mass is 257 g/mol. The summed E-state index contributed by atoms with van der Waals surface area (Å²) in [5.41, 5.74) is 0. The van der Waals surface area contributed by atoms with Crippen LogP contribution in [0.15, 0.2) is 21.6 Å². The molecule has 1 aromatic heterocycles. The van der Waals surface area contributed by atoms with Crippen LogP contribution in [0.1, 0.15) is 17.5 Å². The number of hydrogen-bond acceptors (Lipinski definition) is 4. The largest absolute Gasteiger partial charge is 0.475 e. The van der Waals surface area contributed by atoms with Gasteiger partial charge in [-0.25, -0.2) is 13.2 Å². The molecule has 0 fully saturated rings. The Balaban J connectivity index is 3.12. The molecular formula is C10H11NO5S. The second-order valence-electron chi connectivity index (χ2n) is 3.06. The second kappa shape index (κ2) is 5.03. The van der Waals surface area contributed by atoms with Gasteiger partial charge in [-0.05, 0) is 12.1 Å². The highest BCUT2D eigenvalue weighted by atomic mass is 32.2. The van der Waals surface area contributed by atoms with Crippen LogP contribution in [-0.4, -0.2) is 36.9 Å². The molecule has 0 amide bonds. The SMILES string of the molecule is C#CCN(CC)S(=O)(=O)c1ccc(C(=O)O)o1. The fraction of sp³-hybridized carbons (Fsp3) is 0.300. The van der Waals surface area contributed by atoms with E-state index in [0.29, 0.717) is 0 Å². The Kier molecular flexibility index (Phi) is 3.93. The molecule has 92 valence electrons. The molecule has 0 radical (unpaired) electrons. The van der Waals surface area contributed by atoms with Gasteiger partial charge in [0.25, 0.3) is 10.0 Å². The molecule has 0 spiro atoms. The molecule has 1 aromatic rings. The van der Waals surface area contributed by atoms with Crippen LogP contribution in [0.3, 0.4) is 0 Å². The lowest BCUT2D eigenvalue weighted by Crippen LogP contribution is -2.31. The Labute approximate surface area is 98.9 Å². The van der Waals surface area contributed by atoms with Gasteiger partial charge in [0.05, 0.1) is 6.54 Å². The van der Waals surface area contributed by atoms with Crippen LogP contribution < -0.4 is 0 Å². The molecule has 0 aliphatic carbocycles. The van der Waals surface area contributed by atoms with Crippen LogP contribution >= 0.6 is 0 Å². The van der Waals surface area contributed by atoms with Crippen molar-refractivity contribution in [3.05, 3.63) is 17.9 Å². The summed E-state index contributed by atoms with van der Waals surface area (Å²) in [6.07, 6.45) is 5.05. The summed E-state index contributed by atoms with van der Waals surface area (Å²) < 4.78 is 29.6. The van der Waals surface area contributed by atoms with E-state index in [4.69, 9.17) is 15.9 Å². The Morgan fingerprint density at radius 2 is 2.24 bits per heavy atom. The number of terminal acetylenes is 1. The zero-order valence-corrected chi connectivity index (χ0v) is 9.90. The molecule has 0 bridgehead atoms. The first-order valence-corrected chi connectivity index (χ1v) is 6.14. The first-order chi connectivity index (χ1) is 7.93. The number of furan rings is 1. The Bertz CT molecular complexity index is 551. The highest BCUT2D eigenvalue weighted by Crippen LogP contribution is 2.18. The van der Waals surface area contributed by atoms with Crippen molar-refractivity contribution in [2.45, 2.75) is 12.0 Å². The van der Waals surface area contributed by atoms with Crippen molar-refractivity contribution in [3.63, 3.8) is 0 Å². The quantitative estimate of drug-likeness (QED) is 0.781. The van der Waals surface area contributed by atoms with Crippen molar-refractivity contribution in [1.82, 2.24) is 4.31 Å². The Morgan fingerprint density at radius 1 is 1.59 bits per heavy atom. The first kappa shape index (κ1) is 13.3. The van der Waals surface area contributed by atoms with Crippen molar-refractivity contribution in [1.29, 1.82) is 0 Å². The number of sulfonamides is 1. The zero-order chi connectivity index (χ0) is 13.1. The van der Waals surface area contributed by atoms with Crippen molar-refractivity contribution >= 4 is 16.0 Å². The third-order valence-electron chi connectivity index (χ3n) is 2.01. The molecule has 1 rings (SSSR count). The predicted molar refractivity (Wildman–Crippen MR) is 58.9 cm³/mol. The van der Waals surface area contributed by atoms with Crippen molar-refractivity contribution in [2.24, 2.45) is 0 Å². The van der Waals surface area contributed by atoms with E-state index >= 15 is 0 Å². The van der Waals surface area contributed by atoms with Gasteiger partial charge in [0.2, 0.25) is 10.9 Å². The van der Waals surface area contributed by atoms with Crippen LogP contribution in [0.25, 0.3) is 0 Å². The van der Waals surface area contributed by atoms with Gasteiger partial charge in [-0.2, -0.15) is 4.31 Å². The lowest BCUT2D eigenvalue weighted by Gasteiger charge is -2.15. The van der Waals surface area contributed by atoms with E-state index in [1.54, 1.807) is 6.92 Å². The highest BCUT2D eigenvalue weighted by molar-refractivity contribution is 7.89. The van der Waals surface area contributed by atoms with Crippen LogP contribution in [0.5, 0.6) is 0 Å². The van der Waals surface area contributed by atoms with Crippen LogP contribution in [0.2, 0.25) is 0 Å². The smallest absolute Gasteiger partial charge is 0.371 e. The maximum Gasteiger partial charge on any atom is 0.371 e. The number of aromatic carboxylic acids is 1. The number of hydrogen-bond donors (Lipinski definition) is 1. The zero-order valence-electron chi connectivity index (χ0n) is 9.08. The normalized spacial score (nSPS) is 11.4. The lowest BCUT2D eigenvalue weighted by atomic mass is 10.5. The van der Waals surface area contributed by atoms with E-state index in [9.17, 15) is 13.2 Å². The summed E-state index contributed by atoms with van der Waals surface area (Å²) in [6, 6.07) is 2.18. The second-order valence-corrected chi connectivity index (χ2v) is 4.93. The minimum absolute atomic E-state index is 0.0953. The fourth-order valence-corrected chi connectivity index (χ4v) is 2.44. The molecule has 7 heteroatoms. The molecule has 1 heterocycles. The van der Waals surface area contributed by atoms with E-state index in [1.165, 1.54) is 0 Å². The van der Waals surface area contributed by atoms with Crippen LogP contribution in [0.4, 0.5) is 0 Å². The topological polar surface area (TPSA) is 87.8 Å². The van der Waals surface area contributed by atoms with Crippen LogP contribution in [-0.2, 0) is 10.0 Å². The number of carbonyl (C=O) groups is 1. The molecular weight excluding hydrogens is 246 g/mol. The third kappa shape index (κ3) is 2.67. The molecule has 1 N–H and O–H groups in total. The average Bonchev–Trinajstić information content (AvgIpc) is 2.75. The van der Waals surface area contributed by atoms with E-state index in [2.05, 4.69) is 5.92 Å². The van der Waals surface area contributed by atoms with Gasteiger partial charge in [0, 0.05) is 6.54 Å². The molecule has 0 aliphatic heterocycles. The fourth-order valence-electron chi connectivity index (χ4n) is 1.17. The Hall–Kier alpha value is -1.78. The molecule has 6 nitrogen and oxygen atoms in total. The van der Waals surface area contributed by atoms with E-state index in [1.807, 2.05) is 0 Å². The molecule has 0 saturated carbocycles. The maximum absolute atomic E-state index is 11.9. The van der Waals surface area contributed by atoms with Crippen molar-refractivity contribution in [3.8, 4) is 12.3 Å². The summed E-state index contributed by atoms with van der Waals surface area (Å²) >= 11 is 0. The molecule has 0 saturated heterocycles. The van der Waals surface area contributed by atoms with E-state index in [-0.39, 0.29) is 13.1 Å². The van der Waals surface area contributed by atoms with Crippen LogP contribution in [0, 0.1) is 12.3 Å². The summed E-state index contributed by atoms with van der Waals surface area (Å²) in [5.74, 6) is 0.455. The number of rotatable bonds is 5. The van der Waals surface area contributed by atoms with Gasteiger partial charge in [0.15, 0.2) is 0 Å². The number of carboxylic acid groups (broad SMARTS) is 1. The lowest BCUT2D eigenvalue weighted by molar-refractivity contribution is 0.0656. The minimum Gasteiger partial charge on any atom is -0.475 e. The molecule has 17 heavy (non-hydrogen) atoms. The Morgan fingerprint density at radius 3 is 2.65 bits per heavy atom. The van der Waals surface area contributed by atoms with Gasteiger partial charge in [-0.1, -0.05) is 12.8 Å². The molecule has 0 unspecified atom stereocenters. The summed E-state index contributed by atoms with van der Waals surface area (Å²) in [5, 5.41) is 8.20. The average molecular weight is 257 g/mol. The van der Waals surface area contributed by atoms with Crippen molar-refractivity contribution < 1.29 is 22.7 Å². The first-order valence-electron chi connectivity index (χ1n) is 4.70. The van der Waals surface area contributed by atoms with Gasteiger partial charge in [-0.15, -0.1) is 6.42 Å². The van der Waals surface area contributed by atoms with Gasteiger partial charge >= 0.3 is 5.97 Å². The van der Waals surface area contributed by atoms with E-state index in [0.717, 1.165) is 16.4 Å². The minimum atomic E-state index is -3.87. The predicted octanol–water partition coefficient (Wildman–Crippen LogP) is 0.622. The van der Waals surface area contributed by atoms with E-state index < -0.39 is 26.8 Å². The third-order valence-corrected chi connectivity index (χ3v) is 3.80. The van der Waals surface area contributed by atoms with Gasteiger partial charge in [-0.3, -0.25) is 0 Å². The molecule has 0 aliphatic rings. The summed E-state index contributed by atoms with van der Waals surface area (Å²) in [6.45, 7) is 1.70. The summed E-state index contributed by atoms with van der Waals surface area (Å²) in [4.78, 5) is 10.6. The van der Waals surface area contributed by atoms with Crippen molar-refractivity contribution in [2.75, 3.05) is 13.1 Å². The standard InChI is InChI=1S/C10H11NO5S/c1-3-7-11(4-2)17(14,15)9-6-5-8(16-9)10(12)13/h1,5-6H,4,7H2,2H3,(H,12,13). The highest BCUT2D eigenvalue weighted by Gasteiger charge is 2.26. The number of nitrogens with zero attached hydrogens (tertiary/aromatic N) is 1. The van der Waals surface area contributed by atoms with Gasteiger partial charge in [0.1, 0.15) is 0 Å².